The zero-order chi connectivity index (χ0) is 59.8. The third-order valence-electron chi connectivity index (χ3n) is 12.2. The summed E-state index contributed by atoms with van der Waals surface area (Å²) in [6.07, 6.45) is 13.6. The summed E-state index contributed by atoms with van der Waals surface area (Å²) in [5.41, 5.74) is 8.75. The van der Waals surface area contributed by atoms with Crippen molar-refractivity contribution in [2.75, 3.05) is 54.5 Å². The summed E-state index contributed by atoms with van der Waals surface area (Å²) in [6, 6.07) is 56.1. The molecule has 0 aliphatic rings. The molecule has 9 aromatic rings. The third-order valence-corrected chi connectivity index (χ3v) is 13.6. The first-order chi connectivity index (χ1) is 39.2. The van der Waals surface area contributed by atoms with Crippen molar-refractivity contribution in [3.8, 4) is 0 Å². The van der Waals surface area contributed by atoms with E-state index in [9.17, 15) is 18.0 Å². The Hall–Kier alpha value is -9.35. The highest BCUT2D eigenvalue weighted by atomic mass is 32.2. The molecule has 20 nitrogen and oxygen atoms in total. The van der Waals surface area contributed by atoms with Gasteiger partial charge in [-0.15, -0.1) is 0 Å². The van der Waals surface area contributed by atoms with Crippen molar-refractivity contribution in [1.29, 1.82) is 0 Å². The van der Waals surface area contributed by atoms with Crippen LogP contribution < -0.4 is 54.9 Å². The molecule has 0 bridgehead atoms. The first kappa shape index (κ1) is 71.8. The van der Waals surface area contributed by atoms with E-state index in [-0.39, 0.29) is 33.7 Å². The minimum Gasteiger partial charge on any atom is -0.707 e. The molecule has 0 spiro atoms. The van der Waals surface area contributed by atoms with E-state index in [0.29, 0.717) is 6.26 Å². The molecule has 22 heteroatoms. The van der Waals surface area contributed by atoms with Crippen LogP contribution in [0.4, 0.5) is 22.7 Å². The van der Waals surface area contributed by atoms with Gasteiger partial charge in [0.2, 0.25) is 5.52 Å². The average Bonchev–Trinajstić information content (AvgIpc) is 3.97. The van der Waals surface area contributed by atoms with Crippen molar-refractivity contribution in [3.05, 3.63) is 237 Å². The predicted octanol–water partition coefficient (Wildman–Crippen LogP) is 6.99. The zero-order valence-electron chi connectivity index (χ0n) is 48.2. The second-order valence-corrected chi connectivity index (χ2v) is 20.9. The Bertz CT molecular complexity index is 3810. The number of benzene rings is 5. The summed E-state index contributed by atoms with van der Waals surface area (Å²) in [4.78, 5) is 23.7. The van der Waals surface area contributed by atoms with Crippen LogP contribution in [-0.4, -0.2) is 76.9 Å². The quantitative estimate of drug-likeness (QED) is 0.0504. The lowest BCUT2D eigenvalue weighted by atomic mass is 10.3. The SMILES string of the molecule is C.C.C.CN(N=Cc1cc[n+](C)c(=O)n1C)c1ccccc1.CN(N=Cc1cc[n+](C)cc1)c1ccccc1.CN(N=Cc1sc2ccccc2[n+]1C)c1ccccc1.CS(=O)(=O)O[O-].Cc1cc(C=NN(C)c2ccccc2)[n+](C)c(=O)n1C. The topological polar surface area (TPSA) is 188 Å². The number of hydrazone groups is 4. The van der Waals surface area contributed by atoms with Crippen molar-refractivity contribution in [2.45, 2.75) is 29.2 Å². The summed E-state index contributed by atoms with van der Waals surface area (Å²) in [6.45, 7) is 1.90. The van der Waals surface area contributed by atoms with Gasteiger partial charge in [-0.2, -0.15) is 48.3 Å². The normalized spacial score (nSPS) is 10.6. The molecule has 5 aromatic carbocycles. The van der Waals surface area contributed by atoms with Crippen LogP contribution in [0, 0.1) is 6.92 Å². The fourth-order valence-electron chi connectivity index (χ4n) is 7.11. The van der Waals surface area contributed by atoms with E-state index in [0.717, 1.165) is 50.4 Å². The van der Waals surface area contributed by atoms with Crippen LogP contribution in [0.2, 0.25) is 0 Å². The standard InChI is InChI=1S/C16H16N3S.C15H19N4O.C14H17N4O.C14H16N3.CH4O4S.3CH4/c1-18-14-10-6-7-11-15(14)20-16(18)12-17-19(2)13-8-4-3-5-9-13;1-12-10-14(18(3)15(20)17(12)2)11-16-19(4)13-8-6-5-7-9-13;1-16-10-9-13(17(2)14(16)19)11-15-18(3)12-7-5-4-6-8-12;1-16-10-8-13(9-11-16)12-15-17(2)14-6-4-3-5-7-14;1-6(3,4)5-2;;;/h3-12H,1-2H3;5-11H,1-4H3;4-11H,1-3H3;3-12H,1-2H3;2H,1H3;3*1H4/q4*+1;;;;/p-1. The van der Waals surface area contributed by atoms with Gasteiger partial charge in [0.1, 0.15) is 30.7 Å². The zero-order valence-corrected chi connectivity index (χ0v) is 49.9. The van der Waals surface area contributed by atoms with Gasteiger partial charge in [-0.05, 0) is 61.5 Å². The summed E-state index contributed by atoms with van der Waals surface area (Å²) in [7, 11) is 14.9. The lowest BCUT2D eigenvalue weighted by molar-refractivity contribution is -0.691. The van der Waals surface area contributed by atoms with Gasteiger partial charge in [-0.25, -0.2) is 17.6 Å². The molecule has 4 aromatic heterocycles. The Morgan fingerprint density at radius 3 is 1.36 bits per heavy atom. The first-order valence-corrected chi connectivity index (χ1v) is 28.1. The van der Waals surface area contributed by atoms with Crippen LogP contribution in [0.3, 0.4) is 0 Å². The molecular weight excluding hydrogens is 1110 g/mol. The molecule has 85 heavy (non-hydrogen) atoms. The van der Waals surface area contributed by atoms with Gasteiger partial charge in [-0.3, -0.25) is 20.0 Å². The van der Waals surface area contributed by atoms with E-state index in [1.807, 2.05) is 227 Å². The minimum atomic E-state index is -3.72. The maximum Gasteiger partial charge on any atom is 0.498 e. The summed E-state index contributed by atoms with van der Waals surface area (Å²) in [5, 5.41) is 34.9. The Balaban J connectivity index is 0.000000371. The number of hydrogen-bond donors (Lipinski definition) is 0. The van der Waals surface area contributed by atoms with E-state index < -0.39 is 10.1 Å². The second-order valence-electron chi connectivity index (χ2n) is 18.3. The van der Waals surface area contributed by atoms with E-state index in [1.165, 1.54) is 14.8 Å². The van der Waals surface area contributed by atoms with Gasteiger partial charge in [0.05, 0.1) is 82.0 Å². The number of anilines is 4. The van der Waals surface area contributed by atoms with Gasteiger partial charge in [0, 0.05) is 64.1 Å². The number of thiazole rings is 1. The largest absolute Gasteiger partial charge is 0.707 e. The van der Waals surface area contributed by atoms with Crippen LogP contribution in [0.1, 0.15) is 49.9 Å². The minimum absolute atomic E-state index is 0. The van der Waals surface area contributed by atoms with Crippen molar-refractivity contribution in [1.82, 2.24) is 9.13 Å². The van der Waals surface area contributed by atoms with E-state index in [4.69, 9.17) is 5.26 Å². The molecule has 0 aliphatic heterocycles. The highest BCUT2D eigenvalue weighted by Gasteiger charge is 2.15. The van der Waals surface area contributed by atoms with Crippen LogP contribution in [-0.2, 0) is 56.7 Å². The van der Waals surface area contributed by atoms with Crippen LogP contribution in [0.15, 0.2) is 218 Å². The van der Waals surface area contributed by atoms with Gasteiger partial charge < -0.3 is 9.59 Å². The van der Waals surface area contributed by atoms with Crippen molar-refractivity contribution < 1.29 is 36.3 Å². The highest BCUT2D eigenvalue weighted by Crippen LogP contribution is 2.19. The smallest absolute Gasteiger partial charge is 0.498 e. The number of aryl methyl sites for hydroxylation is 4. The molecule has 0 saturated carbocycles. The molecule has 0 unspecified atom stereocenters. The first-order valence-electron chi connectivity index (χ1n) is 25.4. The van der Waals surface area contributed by atoms with Crippen molar-refractivity contribution in [2.24, 2.45) is 62.7 Å². The fraction of sp³-hybridized carbons (Fsp3) is 0.238. The monoisotopic (exact) mass is 1200 g/mol. The number of nitrogens with zero attached hydrogens (tertiary/aromatic N) is 14. The highest BCUT2D eigenvalue weighted by molar-refractivity contribution is 7.85. The second kappa shape index (κ2) is 35.6. The molecule has 0 aliphatic carbocycles. The van der Waals surface area contributed by atoms with Crippen molar-refractivity contribution in [3.63, 3.8) is 0 Å². The van der Waals surface area contributed by atoms with E-state index in [2.05, 4.69) is 60.6 Å². The number of hydrogen-bond acceptors (Lipinski definition) is 15. The number of rotatable bonds is 13. The maximum absolute atomic E-state index is 12.0. The molecule has 0 N–H and O–H groups in total. The van der Waals surface area contributed by atoms with Gasteiger partial charge in [0.25, 0.3) is 15.1 Å². The molecule has 0 radical (unpaired) electrons. The molecule has 450 valence electrons. The molecule has 4 heterocycles. The third kappa shape index (κ3) is 22.7. The predicted molar refractivity (Wildman–Crippen MR) is 347 cm³/mol. The summed E-state index contributed by atoms with van der Waals surface area (Å²) < 4.78 is 33.3. The van der Waals surface area contributed by atoms with Crippen LogP contribution in [0.25, 0.3) is 10.2 Å². The summed E-state index contributed by atoms with van der Waals surface area (Å²) >= 11 is 1.75. The Kier molecular flexibility index (Phi) is 30.1. The van der Waals surface area contributed by atoms with Gasteiger partial charge in [0.15, 0.2) is 23.8 Å². The molecule has 9 rings (SSSR count). The van der Waals surface area contributed by atoms with Crippen LogP contribution in [0.5, 0.6) is 0 Å². The number of pyridine rings is 1. The summed E-state index contributed by atoms with van der Waals surface area (Å²) in [5.74, 6) is 0. The number of aromatic nitrogens is 6. The van der Waals surface area contributed by atoms with Gasteiger partial charge in [-0.1, -0.05) is 119 Å². The Morgan fingerprint density at radius 2 is 0.929 bits per heavy atom. The Morgan fingerprint density at radius 1 is 0.529 bits per heavy atom. The molecule has 0 amide bonds. The molecule has 0 saturated heterocycles. The number of para-hydroxylation sites is 5. The van der Waals surface area contributed by atoms with E-state index >= 15 is 0 Å². The lowest BCUT2D eigenvalue weighted by Gasteiger charge is -2.12. The molecule has 0 fully saturated rings. The van der Waals surface area contributed by atoms with Gasteiger partial charge >= 0.3 is 11.4 Å². The molecule has 0 atom stereocenters. The van der Waals surface area contributed by atoms with Crippen molar-refractivity contribution >= 4 is 79.3 Å². The lowest BCUT2D eigenvalue weighted by Crippen LogP contribution is -2.54. The van der Waals surface area contributed by atoms with Crippen LogP contribution >= 0.6 is 11.3 Å². The van der Waals surface area contributed by atoms with E-state index in [1.54, 1.807) is 81.9 Å². The number of fused-ring (bicyclic) bond motifs is 1. The average molecular weight is 1200 g/mol. The fourth-order valence-corrected chi connectivity index (χ4v) is 8.13. The molecular formula is C63H83N14O6S2+3. The Labute approximate surface area is 505 Å². The maximum atomic E-state index is 12.0.